The Morgan fingerprint density at radius 1 is 1.42 bits per heavy atom. The van der Waals surface area contributed by atoms with E-state index in [9.17, 15) is 14.9 Å². The van der Waals surface area contributed by atoms with Crippen LogP contribution in [0, 0.1) is 10.1 Å². The van der Waals surface area contributed by atoms with Crippen molar-refractivity contribution in [2.75, 3.05) is 37.8 Å². The van der Waals surface area contributed by atoms with E-state index < -0.39 is 4.92 Å². The molecule has 1 saturated heterocycles. The number of nitro benzene ring substituents is 1. The molecule has 0 bridgehead atoms. The van der Waals surface area contributed by atoms with Crippen LogP contribution in [-0.4, -0.2) is 55.5 Å². The minimum atomic E-state index is -0.417. The first kappa shape index (κ1) is 19.6. The van der Waals surface area contributed by atoms with Crippen molar-refractivity contribution in [3.8, 4) is 0 Å². The average molecular weight is 364 g/mol. The summed E-state index contributed by atoms with van der Waals surface area (Å²) in [5, 5.41) is 17.8. The van der Waals surface area contributed by atoms with E-state index in [0.717, 1.165) is 0 Å². The number of nitro groups is 1. The predicted molar refractivity (Wildman–Crippen MR) is 97.6 cm³/mol. The molecule has 0 unspecified atom stereocenters. The first-order chi connectivity index (χ1) is 12.3. The summed E-state index contributed by atoms with van der Waals surface area (Å²) in [6, 6.07) is 4.85. The summed E-state index contributed by atoms with van der Waals surface area (Å²) < 4.78 is 5.28. The van der Waals surface area contributed by atoms with E-state index in [4.69, 9.17) is 9.57 Å². The molecule has 9 nitrogen and oxygen atoms in total. The summed E-state index contributed by atoms with van der Waals surface area (Å²) in [4.78, 5) is 29.5. The van der Waals surface area contributed by atoms with Gasteiger partial charge in [-0.05, 0) is 26.8 Å². The quantitative estimate of drug-likeness (QED) is 0.468. The van der Waals surface area contributed by atoms with Gasteiger partial charge in [-0.2, -0.15) is 0 Å². The number of amides is 1. The van der Waals surface area contributed by atoms with E-state index in [1.54, 1.807) is 12.1 Å². The number of hydrogen-bond donors (Lipinski definition) is 1. The standard InChI is InChI=1S/C17H24N4O5/c1-17(2,3)19-16(22)12-26-18-11-13-4-5-14(15(10-13)21(23)24)20-6-8-25-9-7-20/h4-5,10-11H,6-9,12H2,1-3H3,(H,19,22)/b18-11-. The van der Waals surface area contributed by atoms with E-state index in [1.165, 1.54) is 12.3 Å². The monoisotopic (exact) mass is 364 g/mol. The first-order valence-corrected chi connectivity index (χ1v) is 8.34. The molecule has 1 amide bonds. The largest absolute Gasteiger partial charge is 0.386 e. The molecule has 1 N–H and O–H groups in total. The number of benzene rings is 1. The maximum Gasteiger partial charge on any atom is 0.293 e. The lowest BCUT2D eigenvalue weighted by atomic mass is 10.1. The van der Waals surface area contributed by atoms with Crippen LogP contribution in [0.3, 0.4) is 0 Å². The highest BCUT2D eigenvalue weighted by Gasteiger charge is 2.21. The summed E-state index contributed by atoms with van der Waals surface area (Å²) in [5.41, 5.74) is 0.729. The lowest BCUT2D eigenvalue weighted by Gasteiger charge is -2.28. The third-order valence-electron chi connectivity index (χ3n) is 3.53. The van der Waals surface area contributed by atoms with Crippen molar-refractivity contribution in [2.45, 2.75) is 26.3 Å². The molecule has 2 rings (SSSR count). The second-order valence-corrected chi connectivity index (χ2v) is 6.91. The van der Waals surface area contributed by atoms with Gasteiger partial charge >= 0.3 is 0 Å². The van der Waals surface area contributed by atoms with Crippen LogP contribution in [0.25, 0.3) is 0 Å². The predicted octanol–water partition coefficient (Wildman–Crippen LogP) is 1.70. The van der Waals surface area contributed by atoms with Crippen molar-refractivity contribution in [1.82, 2.24) is 5.32 Å². The molecule has 0 aromatic heterocycles. The molecule has 0 aliphatic carbocycles. The molecule has 142 valence electrons. The smallest absolute Gasteiger partial charge is 0.293 e. The van der Waals surface area contributed by atoms with Crippen molar-refractivity contribution < 1.29 is 19.3 Å². The molecular formula is C17H24N4O5. The Morgan fingerprint density at radius 2 is 2.12 bits per heavy atom. The Kier molecular flexibility index (Phi) is 6.51. The lowest BCUT2D eigenvalue weighted by Crippen LogP contribution is -2.42. The molecule has 1 aromatic rings. The summed E-state index contributed by atoms with van der Waals surface area (Å²) in [6.45, 7) is 7.69. The van der Waals surface area contributed by atoms with Gasteiger partial charge in [0.25, 0.3) is 11.6 Å². The van der Waals surface area contributed by atoms with Crippen molar-refractivity contribution in [1.29, 1.82) is 0 Å². The maximum atomic E-state index is 11.6. The third-order valence-corrected chi connectivity index (χ3v) is 3.53. The fourth-order valence-corrected chi connectivity index (χ4v) is 2.49. The van der Waals surface area contributed by atoms with Crippen molar-refractivity contribution >= 4 is 23.5 Å². The van der Waals surface area contributed by atoms with Crippen molar-refractivity contribution in [3.05, 3.63) is 33.9 Å². The van der Waals surface area contributed by atoms with Crippen LogP contribution in [0.15, 0.2) is 23.4 Å². The Morgan fingerprint density at radius 3 is 2.73 bits per heavy atom. The van der Waals surface area contributed by atoms with Gasteiger partial charge in [-0.1, -0.05) is 11.2 Å². The second kappa shape index (κ2) is 8.61. The zero-order valence-electron chi connectivity index (χ0n) is 15.2. The Bertz CT molecular complexity index is 678. The summed E-state index contributed by atoms with van der Waals surface area (Å²) in [6.07, 6.45) is 1.35. The van der Waals surface area contributed by atoms with Gasteiger partial charge in [0.15, 0.2) is 6.61 Å². The minimum Gasteiger partial charge on any atom is -0.386 e. The molecule has 0 atom stereocenters. The van der Waals surface area contributed by atoms with Crippen molar-refractivity contribution in [2.24, 2.45) is 5.16 Å². The van der Waals surface area contributed by atoms with Gasteiger partial charge in [0.05, 0.1) is 24.4 Å². The second-order valence-electron chi connectivity index (χ2n) is 6.91. The van der Waals surface area contributed by atoms with Gasteiger partial charge in [0.1, 0.15) is 5.69 Å². The van der Waals surface area contributed by atoms with Gasteiger partial charge in [-0.15, -0.1) is 0 Å². The normalized spacial score (nSPS) is 15.1. The summed E-state index contributed by atoms with van der Waals surface area (Å²) in [7, 11) is 0. The molecule has 0 spiro atoms. The highest BCUT2D eigenvalue weighted by atomic mass is 16.6. The number of rotatable bonds is 6. The van der Waals surface area contributed by atoms with Crippen LogP contribution in [0.1, 0.15) is 26.3 Å². The Balaban J connectivity index is 2.00. The zero-order valence-corrected chi connectivity index (χ0v) is 15.2. The van der Waals surface area contributed by atoms with Gasteiger partial charge in [0, 0.05) is 30.3 Å². The van der Waals surface area contributed by atoms with Crippen LogP contribution in [0.5, 0.6) is 0 Å². The maximum absolute atomic E-state index is 11.6. The van der Waals surface area contributed by atoms with E-state index in [2.05, 4.69) is 10.5 Å². The van der Waals surface area contributed by atoms with E-state index in [1.807, 2.05) is 25.7 Å². The highest BCUT2D eigenvalue weighted by Crippen LogP contribution is 2.29. The number of carbonyl (C=O) groups is 1. The number of anilines is 1. The molecule has 1 aromatic carbocycles. The van der Waals surface area contributed by atoms with Crippen LogP contribution in [0.2, 0.25) is 0 Å². The zero-order chi connectivity index (χ0) is 19.2. The number of oxime groups is 1. The lowest BCUT2D eigenvalue weighted by molar-refractivity contribution is -0.384. The fraction of sp³-hybridized carbons (Fsp3) is 0.529. The topological polar surface area (TPSA) is 106 Å². The van der Waals surface area contributed by atoms with E-state index >= 15 is 0 Å². The Hall–Kier alpha value is -2.68. The molecule has 0 radical (unpaired) electrons. The van der Waals surface area contributed by atoms with E-state index in [0.29, 0.717) is 37.6 Å². The highest BCUT2D eigenvalue weighted by molar-refractivity contribution is 5.83. The summed E-state index contributed by atoms with van der Waals surface area (Å²) >= 11 is 0. The van der Waals surface area contributed by atoms with Crippen LogP contribution >= 0.6 is 0 Å². The fourth-order valence-electron chi connectivity index (χ4n) is 2.49. The van der Waals surface area contributed by atoms with Gasteiger partial charge in [-0.25, -0.2) is 0 Å². The number of nitrogens with zero attached hydrogens (tertiary/aromatic N) is 3. The van der Waals surface area contributed by atoms with Gasteiger partial charge in [-0.3, -0.25) is 14.9 Å². The van der Waals surface area contributed by atoms with Crippen LogP contribution in [-0.2, 0) is 14.4 Å². The van der Waals surface area contributed by atoms with Gasteiger partial charge in [0.2, 0.25) is 0 Å². The van der Waals surface area contributed by atoms with E-state index in [-0.39, 0.29) is 23.7 Å². The average Bonchev–Trinajstić information content (AvgIpc) is 2.58. The number of carbonyl (C=O) groups excluding carboxylic acids is 1. The van der Waals surface area contributed by atoms with Crippen LogP contribution in [0.4, 0.5) is 11.4 Å². The molecule has 0 saturated carbocycles. The molecular weight excluding hydrogens is 340 g/mol. The number of nitrogens with one attached hydrogen (secondary N) is 1. The number of ether oxygens (including phenoxy) is 1. The Labute approximate surface area is 152 Å². The molecule has 1 aliphatic rings. The van der Waals surface area contributed by atoms with Gasteiger partial charge < -0.3 is 19.8 Å². The third kappa shape index (κ3) is 5.99. The molecule has 26 heavy (non-hydrogen) atoms. The van der Waals surface area contributed by atoms with Crippen LogP contribution < -0.4 is 10.2 Å². The molecule has 9 heteroatoms. The molecule has 1 fully saturated rings. The number of hydrogen-bond acceptors (Lipinski definition) is 7. The van der Waals surface area contributed by atoms with Crippen molar-refractivity contribution in [3.63, 3.8) is 0 Å². The first-order valence-electron chi connectivity index (χ1n) is 8.34. The SMILES string of the molecule is CC(C)(C)NC(=O)CO/N=C\c1ccc(N2CCOCC2)c([N+](=O)[O-])c1. The minimum absolute atomic E-state index is 0.00123. The molecule has 1 heterocycles. The molecule has 1 aliphatic heterocycles. The number of morpholine rings is 1. The summed E-state index contributed by atoms with van der Waals surface area (Å²) in [5.74, 6) is -0.289.